The number of hydrogen-bond donors (Lipinski definition) is 1. The van der Waals surface area contributed by atoms with Gasteiger partial charge < -0.3 is 19.7 Å². The summed E-state index contributed by atoms with van der Waals surface area (Å²) in [4.78, 5) is 29.8. The first-order chi connectivity index (χ1) is 21.5. The van der Waals surface area contributed by atoms with Crippen molar-refractivity contribution in [2.24, 2.45) is 57.7 Å². The van der Waals surface area contributed by atoms with Crippen LogP contribution in [0.1, 0.15) is 98.3 Å². The van der Waals surface area contributed by atoms with Crippen molar-refractivity contribution in [3.8, 4) is 0 Å². The minimum absolute atomic E-state index is 0.0398. The summed E-state index contributed by atoms with van der Waals surface area (Å²) in [6.07, 6.45) is 12.3. The topological polar surface area (TPSA) is 71.1 Å². The lowest BCUT2D eigenvalue weighted by Gasteiger charge is -2.61. The van der Waals surface area contributed by atoms with Crippen LogP contribution in [-0.2, 0) is 19.1 Å². The molecule has 4 heterocycles. The third-order valence-corrected chi connectivity index (χ3v) is 15.5. The van der Waals surface area contributed by atoms with Gasteiger partial charge in [0.1, 0.15) is 13.1 Å². The Morgan fingerprint density at radius 2 is 1.69 bits per heavy atom. The maximum atomic E-state index is 13.0. The van der Waals surface area contributed by atoms with E-state index in [9.17, 15) is 14.0 Å². The van der Waals surface area contributed by atoms with Crippen LogP contribution in [0.25, 0.3) is 0 Å². The van der Waals surface area contributed by atoms with Gasteiger partial charge in [0.2, 0.25) is 11.8 Å². The molecular formula is C37H58FN3O4. The molecule has 0 aromatic carbocycles. The van der Waals surface area contributed by atoms with E-state index in [1.54, 1.807) is 0 Å². The second-order valence-electron chi connectivity index (χ2n) is 18.0. The summed E-state index contributed by atoms with van der Waals surface area (Å²) in [7, 11) is 0. The van der Waals surface area contributed by atoms with Crippen LogP contribution in [0.5, 0.6) is 0 Å². The molecule has 0 aromatic rings. The predicted molar refractivity (Wildman–Crippen MR) is 170 cm³/mol. The molecule has 1 N–H and O–H groups in total. The number of likely N-dealkylation sites (tertiary alicyclic amines) is 2. The van der Waals surface area contributed by atoms with Crippen molar-refractivity contribution < 1.29 is 23.5 Å². The predicted octanol–water partition coefficient (Wildman–Crippen LogP) is 5.42. The number of alkyl halides is 1. The Hall–Kier alpha value is -1.25. The number of amides is 2. The number of nitrogens with one attached hydrogen (secondary N) is 1. The van der Waals surface area contributed by atoms with Crippen LogP contribution in [0.2, 0.25) is 0 Å². The van der Waals surface area contributed by atoms with Gasteiger partial charge in [0.25, 0.3) is 0 Å². The van der Waals surface area contributed by atoms with Gasteiger partial charge in [-0.3, -0.25) is 14.5 Å². The quantitative estimate of drug-likeness (QED) is 0.413. The number of rotatable bonds is 5. The Balaban J connectivity index is 0.851. The number of halogens is 1. The van der Waals surface area contributed by atoms with E-state index in [1.807, 2.05) is 4.90 Å². The molecule has 4 aliphatic carbocycles. The third kappa shape index (κ3) is 4.79. The zero-order valence-corrected chi connectivity index (χ0v) is 28.3. The van der Waals surface area contributed by atoms with Gasteiger partial charge in [0, 0.05) is 56.5 Å². The smallest absolute Gasteiger partial charge is 0.232 e. The van der Waals surface area contributed by atoms with E-state index in [0.29, 0.717) is 47.2 Å². The molecule has 4 aliphatic heterocycles. The molecule has 0 aromatic heterocycles. The second-order valence-corrected chi connectivity index (χ2v) is 18.0. The summed E-state index contributed by atoms with van der Waals surface area (Å²) < 4.78 is 26.1. The van der Waals surface area contributed by atoms with Crippen LogP contribution in [-0.4, -0.2) is 85.6 Å². The molecular weight excluding hydrogens is 569 g/mol. The van der Waals surface area contributed by atoms with Crippen LogP contribution in [0, 0.1) is 57.7 Å². The normalized spacial score (nSPS) is 49.8. The van der Waals surface area contributed by atoms with E-state index in [-0.39, 0.29) is 42.2 Å². The molecule has 8 aliphatic rings. The minimum Gasteiger partial charge on any atom is -0.353 e. The molecule has 8 rings (SSSR count). The number of hydrogen-bond acceptors (Lipinski definition) is 5. The molecule has 0 radical (unpaired) electrons. The lowest BCUT2D eigenvalue weighted by atomic mass is 9.44. The molecule has 2 amide bonds. The van der Waals surface area contributed by atoms with Crippen molar-refractivity contribution in [2.45, 2.75) is 116 Å². The average molecular weight is 628 g/mol. The van der Waals surface area contributed by atoms with Gasteiger partial charge in [-0.1, -0.05) is 27.7 Å². The van der Waals surface area contributed by atoms with Crippen LogP contribution < -0.4 is 5.32 Å². The second kappa shape index (κ2) is 10.9. The highest BCUT2D eigenvalue weighted by molar-refractivity contribution is 5.97. The maximum Gasteiger partial charge on any atom is 0.232 e. The van der Waals surface area contributed by atoms with Gasteiger partial charge >= 0.3 is 0 Å². The zero-order valence-electron chi connectivity index (χ0n) is 28.3. The first-order valence-electron chi connectivity index (χ1n) is 18.6. The van der Waals surface area contributed by atoms with Crippen molar-refractivity contribution in [1.82, 2.24) is 15.1 Å². The van der Waals surface area contributed by atoms with Crippen molar-refractivity contribution >= 4 is 11.8 Å². The zero-order chi connectivity index (χ0) is 31.4. The Morgan fingerprint density at radius 3 is 2.42 bits per heavy atom. The monoisotopic (exact) mass is 627 g/mol. The van der Waals surface area contributed by atoms with Crippen molar-refractivity contribution in [3.05, 3.63) is 0 Å². The average Bonchev–Trinajstić information content (AvgIpc) is 3.40. The maximum absolute atomic E-state index is 13.0. The molecule has 252 valence electrons. The molecule has 8 heteroatoms. The first kappa shape index (κ1) is 31.0. The van der Waals surface area contributed by atoms with Crippen LogP contribution in [0.4, 0.5) is 4.39 Å². The third-order valence-electron chi connectivity index (χ3n) is 15.5. The fourth-order valence-corrected chi connectivity index (χ4v) is 13.3. The SMILES string of the molecule is C[C@H]1CC[C@@]2(OC1)O[C@H]1C[C@H]3[C@@H]4CC[C@@H]5C[C@H](NC(=O)CC(=O)N6CC7(CN(CCF)C7)C6)CC[C@]5(C)C4CC[C@]3(C)[C@H]1[C@@H]2C. The number of carbonyl (C=O) groups excluding carboxylic acids is 2. The van der Waals surface area contributed by atoms with E-state index in [2.05, 4.69) is 37.9 Å². The molecule has 2 spiro atoms. The molecule has 0 bridgehead atoms. The summed E-state index contributed by atoms with van der Waals surface area (Å²) in [5, 5.41) is 3.29. The summed E-state index contributed by atoms with van der Waals surface area (Å²) in [5.41, 5.74) is 0.850. The summed E-state index contributed by atoms with van der Waals surface area (Å²) in [6.45, 7) is 14.2. The fourth-order valence-electron chi connectivity index (χ4n) is 13.3. The van der Waals surface area contributed by atoms with Gasteiger partial charge in [-0.25, -0.2) is 4.39 Å². The van der Waals surface area contributed by atoms with Crippen LogP contribution in [0.15, 0.2) is 0 Å². The molecule has 12 atom stereocenters. The van der Waals surface area contributed by atoms with E-state index >= 15 is 0 Å². The summed E-state index contributed by atoms with van der Waals surface area (Å²) in [5.74, 6) is 4.19. The summed E-state index contributed by atoms with van der Waals surface area (Å²) >= 11 is 0. The molecule has 7 nitrogen and oxygen atoms in total. The molecule has 4 saturated carbocycles. The Bertz CT molecular complexity index is 1180. The van der Waals surface area contributed by atoms with E-state index in [0.717, 1.165) is 69.8 Å². The van der Waals surface area contributed by atoms with Gasteiger partial charge in [0.05, 0.1) is 12.7 Å². The van der Waals surface area contributed by atoms with Crippen LogP contribution >= 0.6 is 0 Å². The highest BCUT2D eigenvalue weighted by Crippen LogP contribution is 2.71. The van der Waals surface area contributed by atoms with Crippen molar-refractivity contribution in [3.63, 3.8) is 0 Å². The van der Waals surface area contributed by atoms with E-state index in [1.165, 1.54) is 44.9 Å². The van der Waals surface area contributed by atoms with Crippen molar-refractivity contribution in [1.29, 1.82) is 0 Å². The molecule has 8 fully saturated rings. The Kier molecular flexibility index (Phi) is 7.51. The Morgan fingerprint density at radius 1 is 0.911 bits per heavy atom. The highest BCUT2D eigenvalue weighted by atomic mass is 19.1. The standard InChI is InChI=1S/C37H58FN3O4/c1-23-7-12-37(44-18-23)24(2)33-30(45-37)16-29-27-6-5-25-15-26(8-10-34(25,3)28(27)9-11-35(29,33)4)39-31(42)17-32(43)41-21-36(22-41)19-40(20-36)14-13-38/h23-30,33H,5-22H2,1-4H3,(H,39,42)/t23-,24-,25+,26+,27+,28?,29-,30-,33-,34-,35-,37+/m0/s1. The summed E-state index contributed by atoms with van der Waals surface area (Å²) in [6, 6.07) is 0.187. The number of fused-ring (bicyclic) bond motifs is 7. The highest BCUT2D eigenvalue weighted by Gasteiger charge is 2.69. The largest absolute Gasteiger partial charge is 0.353 e. The van der Waals surface area contributed by atoms with Crippen LogP contribution in [0.3, 0.4) is 0 Å². The van der Waals surface area contributed by atoms with E-state index in [4.69, 9.17) is 9.47 Å². The molecule has 45 heavy (non-hydrogen) atoms. The van der Waals surface area contributed by atoms with Gasteiger partial charge in [-0.15, -0.1) is 0 Å². The number of carbonyl (C=O) groups is 2. The Labute approximate surface area is 270 Å². The molecule has 4 saturated heterocycles. The lowest BCUT2D eigenvalue weighted by molar-refractivity contribution is -0.273. The van der Waals surface area contributed by atoms with Gasteiger partial charge in [-0.05, 0) is 104 Å². The van der Waals surface area contributed by atoms with Gasteiger partial charge in [0.15, 0.2) is 5.79 Å². The molecule has 1 unspecified atom stereocenters. The minimum atomic E-state index is -0.337. The van der Waals surface area contributed by atoms with Crippen molar-refractivity contribution in [2.75, 3.05) is 46.0 Å². The fraction of sp³-hybridized carbons (Fsp3) is 0.946. The number of ether oxygens (including phenoxy) is 2. The number of nitrogens with zero attached hydrogens (tertiary/aromatic N) is 2. The lowest BCUT2D eigenvalue weighted by Crippen LogP contribution is -2.73. The van der Waals surface area contributed by atoms with Gasteiger partial charge in [-0.2, -0.15) is 0 Å². The first-order valence-corrected chi connectivity index (χ1v) is 18.6. The van der Waals surface area contributed by atoms with E-state index < -0.39 is 0 Å².